The number of unbranched alkanes of at least 4 members (excludes halogenated alkanes) is 2. The van der Waals surface area contributed by atoms with Gasteiger partial charge in [0, 0.05) is 6.08 Å². The number of hydrogen-bond acceptors (Lipinski definition) is 2. The molecule has 0 atom stereocenters. The summed E-state index contributed by atoms with van der Waals surface area (Å²) < 4.78 is 5.01. The standard InChI is InChI=1S/C12H22O2/c1-5-6-7-8-11(4)9-12(13)14-10(2)3/h9-10H,5-8H2,1-4H3. The normalized spacial score (nSPS) is 11.9. The van der Waals surface area contributed by atoms with Gasteiger partial charge in [-0.15, -0.1) is 0 Å². The third-order valence-electron chi connectivity index (χ3n) is 1.89. The lowest BCUT2D eigenvalue weighted by molar-refractivity contribution is -0.141. The summed E-state index contributed by atoms with van der Waals surface area (Å²) in [6, 6.07) is 0. The maximum absolute atomic E-state index is 11.2. The van der Waals surface area contributed by atoms with Crippen molar-refractivity contribution in [3.8, 4) is 0 Å². The van der Waals surface area contributed by atoms with Crippen molar-refractivity contribution in [2.45, 2.75) is 59.5 Å². The number of carbonyl (C=O) groups is 1. The minimum absolute atomic E-state index is 0.0257. The minimum Gasteiger partial charge on any atom is -0.460 e. The zero-order chi connectivity index (χ0) is 11.0. The molecule has 0 bridgehead atoms. The number of esters is 1. The Bertz CT molecular complexity index is 192. The molecule has 0 heterocycles. The summed E-state index contributed by atoms with van der Waals surface area (Å²) >= 11 is 0. The Kier molecular flexibility index (Phi) is 7.17. The molecule has 2 nitrogen and oxygen atoms in total. The molecular formula is C12H22O2. The van der Waals surface area contributed by atoms with Crippen LogP contribution in [-0.4, -0.2) is 12.1 Å². The third-order valence-corrected chi connectivity index (χ3v) is 1.89. The second kappa shape index (κ2) is 7.60. The zero-order valence-electron chi connectivity index (χ0n) is 9.80. The van der Waals surface area contributed by atoms with Gasteiger partial charge < -0.3 is 4.74 Å². The monoisotopic (exact) mass is 198 g/mol. The highest BCUT2D eigenvalue weighted by molar-refractivity contribution is 5.82. The Balaban J connectivity index is 3.78. The molecule has 0 amide bonds. The van der Waals surface area contributed by atoms with E-state index in [9.17, 15) is 4.79 Å². The van der Waals surface area contributed by atoms with Gasteiger partial charge >= 0.3 is 5.97 Å². The molecule has 0 aromatic heterocycles. The summed E-state index contributed by atoms with van der Waals surface area (Å²) in [4.78, 5) is 11.2. The smallest absolute Gasteiger partial charge is 0.330 e. The highest BCUT2D eigenvalue weighted by Gasteiger charge is 2.01. The molecule has 82 valence electrons. The van der Waals surface area contributed by atoms with Crippen LogP contribution in [0, 0.1) is 0 Å². The Morgan fingerprint density at radius 3 is 2.50 bits per heavy atom. The molecule has 0 rings (SSSR count). The molecule has 0 spiro atoms. The zero-order valence-corrected chi connectivity index (χ0v) is 9.80. The van der Waals surface area contributed by atoms with Crippen LogP contribution >= 0.6 is 0 Å². The van der Waals surface area contributed by atoms with Gasteiger partial charge in [-0.05, 0) is 33.6 Å². The first-order valence-corrected chi connectivity index (χ1v) is 5.44. The van der Waals surface area contributed by atoms with Crippen LogP contribution in [0.2, 0.25) is 0 Å². The fourth-order valence-electron chi connectivity index (χ4n) is 1.19. The molecular weight excluding hydrogens is 176 g/mol. The average molecular weight is 198 g/mol. The van der Waals surface area contributed by atoms with Crippen LogP contribution in [-0.2, 0) is 9.53 Å². The van der Waals surface area contributed by atoms with Crippen LogP contribution in [0.25, 0.3) is 0 Å². The van der Waals surface area contributed by atoms with E-state index in [1.54, 1.807) is 6.08 Å². The van der Waals surface area contributed by atoms with Crippen molar-refractivity contribution in [1.82, 2.24) is 0 Å². The molecule has 0 unspecified atom stereocenters. The van der Waals surface area contributed by atoms with Gasteiger partial charge in [0.15, 0.2) is 0 Å². The first-order valence-electron chi connectivity index (χ1n) is 5.44. The molecule has 0 fully saturated rings. The highest BCUT2D eigenvalue weighted by Crippen LogP contribution is 2.08. The molecule has 2 heteroatoms. The van der Waals surface area contributed by atoms with Gasteiger partial charge in [-0.25, -0.2) is 4.79 Å². The summed E-state index contributed by atoms with van der Waals surface area (Å²) in [5.74, 6) is -0.214. The van der Waals surface area contributed by atoms with Gasteiger partial charge in [0.25, 0.3) is 0 Å². The van der Waals surface area contributed by atoms with Crippen molar-refractivity contribution in [3.63, 3.8) is 0 Å². The van der Waals surface area contributed by atoms with Crippen LogP contribution in [0.5, 0.6) is 0 Å². The lowest BCUT2D eigenvalue weighted by Crippen LogP contribution is -2.08. The van der Waals surface area contributed by atoms with Gasteiger partial charge in [0.1, 0.15) is 0 Å². The molecule has 0 aliphatic rings. The SMILES string of the molecule is CCCCCC(C)=CC(=O)OC(C)C. The molecule has 0 aliphatic carbocycles. The Hall–Kier alpha value is -0.790. The van der Waals surface area contributed by atoms with E-state index in [0.29, 0.717) is 0 Å². The highest BCUT2D eigenvalue weighted by atomic mass is 16.5. The molecule has 14 heavy (non-hydrogen) atoms. The number of ether oxygens (including phenoxy) is 1. The lowest BCUT2D eigenvalue weighted by Gasteiger charge is -2.05. The van der Waals surface area contributed by atoms with Crippen molar-refractivity contribution in [2.75, 3.05) is 0 Å². The minimum atomic E-state index is -0.214. The van der Waals surface area contributed by atoms with Crippen LogP contribution in [0.15, 0.2) is 11.6 Å². The van der Waals surface area contributed by atoms with E-state index in [1.165, 1.54) is 12.8 Å². The van der Waals surface area contributed by atoms with Crippen LogP contribution < -0.4 is 0 Å². The maximum Gasteiger partial charge on any atom is 0.330 e. The van der Waals surface area contributed by atoms with E-state index in [4.69, 9.17) is 4.74 Å². The second-order valence-corrected chi connectivity index (χ2v) is 3.93. The maximum atomic E-state index is 11.2. The predicted molar refractivity (Wildman–Crippen MR) is 59.1 cm³/mol. The second-order valence-electron chi connectivity index (χ2n) is 3.93. The van der Waals surface area contributed by atoms with Crippen molar-refractivity contribution in [1.29, 1.82) is 0 Å². The fraction of sp³-hybridized carbons (Fsp3) is 0.750. The summed E-state index contributed by atoms with van der Waals surface area (Å²) in [6.45, 7) is 7.87. The van der Waals surface area contributed by atoms with Crippen LogP contribution in [0.4, 0.5) is 0 Å². The van der Waals surface area contributed by atoms with Gasteiger partial charge in [-0.1, -0.05) is 25.3 Å². The average Bonchev–Trinajstić information content (AvgIpc) is 2.02. The largest absolute Gasteiger partial charge is 0.460 e. The number of carbonyl (C=O) groups excluding carboxylic acids is 1. The molecule has 0 N–H and O–H groups in total. The topological polar surface area (TPSA) is 26.3 Å². The molecule has 0 saturated carbocycles. The van der Waals surface area contributed by atoms with E-state index in [0.717, 1.165) is 18.4 Å². The Morgan fingerprint density at radius 1 is 1.36 bits per heavy atom. The lowest BCUT2D eigenvalue weighted by atomic mass is 10.1. The van der Waals surface area contributed by atoms with Crippen LogP contribution in [0.1, 0.15) is 53.4 Å². The predicted octanol–water partition coefficient (Wildman–Crippen LogP) is 3.46. The Morgan fingerprint density at radius 2 is 2.00 bits per heavy atom. The molecule has 0 saturated heterocycles. The van der Waals surface area contributed by atoms with E-state index in [-0.39, 0.29) is 12.1 Å². The summed E-state index contributed by atoms with van der Waals surface area (Å²) in [7, 11) is 0. The van der Waals surface area contributed by atoms with Crippen molar-refractivity contribution in [3.05, 3.63) is 11.6 Å². The molecule has 0 radical (unpaired) electrons. The summed E-state index contributed by atoms with van der Waals surface area (Å²) in [5.41, 5.74) is 1.11. The number of rotatable bonds is 6. The van der Waals surface area contributed by atoms with Gasteiger partial charge in [0.05, 0.1) is 6.10 Å². The summed E-state index contributed by atoms with van der Waals surface area (Å²) in [6.07, 6.45) is 6.18. The van der Waals surface area contributed by atoms with Gasteiger partial charge in [-0.3, -0.25) is 0 Å². The van der Waals surface area contributed by atoms with E-state index in [2.05, 4.69) is 6.92 Å². The number of hydrogen-bond donors (Lipinski definition) is 0. The molecule has 0 aliphatic heterocycles. The van der Waals surface area contributed by atoms with Crippen molar-refractivity contribution >= 4 is 5.97 Å². The third kappa shape index (κ3) is 7.84. The van der Waals surface area contributed by atoms with Gasteiger partial charge in [0.2, 0.25) is 0 Å². The Labute approximate surface area is 87.3 Å². The van der Waals surface area contributed by atoms with Crippen molar-refractivity contribution < 1.29 is 9.53 Å². The molecule has 0 aromatic carbocycles. The first kappa shape index (κ1) is 13.2. The van der Waals surface area contributed by atoms with E-state index < -0.39 is 0 Å². The summed E-state index contributed by atoms with van der Waals surface area (Å²) in [5, 5.41) is 0. The van der Waals surface area contributed by atoms with Crippen molar-refractivity contribution in [2.24, 2.45) is 0 Å². The van der Waals surface area contributed by atoms with Gasteiger partial charge in [-0.2, -0.15) is 0 Å². The first-order chi connectivity index (χ1) is 6.56. The van der Waals surface area contributed by atoms with E-state index in [1.807, 2.05) is 20.8 Å². The van der Waals surface area contributed by atoms with Crippen LogP contribution in [0.3, 0.4) is 0 Å². The quantitative estimate of drug-likeness (QED) is 0.371. The number of allylic oxidation sites excluding steroid dienone is 1. The molecule has 0 aromatic rings. The van der Waals surface area contributed by atoms with E-state index >= 15 is 0 Å². The fourth-order valence-corrected chi connectivity index (χ4v) is 1.19.